The van der Waals surface area contributed by atoms with Crippen molar-refractivity contribution in [1.82, 2.24) is 29.4 Å². The molecule has 1 saturated heterocycles. The van der Waals surface area contributed by atoms with Crippen molar-refractivity contribution in [3.05, 3.63) is 45.9 Å². The van der Waals surface area contributed by atoms with E-state index in [2.05, 4.69) is 57.1 Å². The number of pyridine rings is 2. The van der Waals surface area contributed by atoms with Crippen LogP contribution in [0.2, 0.25) is 0 Å². The monoisotopic (exact) mass is 584 g/mol. The third-order valence-electron chi connectivity index (χ3n) is 6.43. The summed E-state index contributed by atoms with van der Waals surface area (Å²) in [6.07, 6.45) is 2.94. The Morgan fingerprint density at radius 1 is 1.09 bits per heavy atom. The molecule has 0 bridgehead atoms. The Balaban J connectivity index is 1.32. The van der Waals surface area contributed by atoms with E-state index in [1.54, 1.807) is 33.7 Å². The molecule has 1 saturated carbocycles. The minimum atomic E-state index is -0.544. The summed E-state index contributed by atoms with van der Waals surface area (Å²) < 4.78 is 3.07. The molecule has 0 spiro atoms. The summed E-state index contributed by atoms with van der Waals surface area (Å²) in [6, 6.07) is 8.51. The zero-order valence-electron chi connectivity index (χ0n) is 17.7. The lowest BCUT2D eigenvalue weighted by atomic mass is 10.1. The molecule has 4 aromatic heterocycles. The molecular formula is C22H18Br2N8O2. The van der Waals surface area contributed by atoms with Crippen LogP contribution in [0.5, 0.6) is 0 Å². The number of amides is 2. The summed E-state index contributed by atoms with van der Waals surface area (Å²) in [7, 11) is 0. The maximum Gasteiger partial charge on any atom is 0.248 e. The minimum Gasteiger partial charge on any atom is -0.383 e. The van der Waals surface area contributed by atoms with Crippen molar-refractivity contribution in [3.63, 3.8) is 0 Å². The molecule has 4 aromatic rings. The van der Waals surface area contributed by atoms with Crippen molar-refractivity contribution in [2.75, 3.05) is 11.1 Å². The molecule has 2 aliphatic rings. The third-order valence-corrected chi connectivity index (χ3v) is 7.32. The Labute approximate surface area is 210 Å². The Bertz CT molecular complexity index is 1490. The Morgan fingerprint density at radius 3 is 2.74 bits per heavy atom. The number of rotatable bonds is 4. The molecule has 34 heavy (non-hydrogen) atoms. The molecular weight excluding hydrogens is 568 g/mol. The topological polar surface area (TPSA) is 132 Å². The molecule has 172 valence electrons. The van der Waals surface area contributed by atoms with E-state index in [-0.39, 0.29) is 24.4 Å². The van der Waals surface area contributed by atoms with Crippen LogP contribution >= 0.6 is 31.9 Å². The molecule has 1 unspecified atom stereocenters. The number of piperidine rings is 1. The zero-order valence-corrected chi connectivity index (χ0v) is 20.8. The lowest BCUT2D eigenvalue weighted by molar-refractivity contribution is -0.138. The number of anilines is 2. The summed E-state index contributed by atoms with van der Waals surface area (Å²) >= 11 is 6.71. The summed E-state index contributed by atoms with van der Waals surface area (Å²) in [6.45, 7) is 0.0158. The van der Waals surface area contributed by atoms with Crippen LogP contribution in [0.1, 0.15) is 12.8 Å². The van der Waals surface area contributed by atoms with Crippen molar-refractivity contribution < 1.29 is 9.59 Å². The van der Waals surface area contributed by atoms with Gasteiger partial charge in [-0.25, -0.2) is 19.9 Å². The van der Waals surface area contributed by atoms with Gasteiger partial charge in [-0.05, 0) is 74.9 Å². The van der Waals surface area contributed by atoms with Gasteiger partial charge in [-0.2, -0.15) is 0 Å². The molecule has 1 aliphatic heterocycles. The smallest absolute Gasteiger partial charge is 0.248 e. The number of hydrogen-bond acceptors (Lipinski definition) is 7. The zero-order chi connectivity index (χ0) is 23.6. The number of carbonyl (C=O) groups excluding carboxylic acids is 2. The van der Waals surface area contributed by atoms with Crippen LogP contribution in [0.4, 0.5) is 11.6 Å². The number of nitrogens with two attached hydrogens (primary N) is 1. The van der Waals surface area contributed by atoms with Crippen LogP contribution in [0.3, 0.4) is 0 Å². The highest BCUT2D eigenvalue weighted by atomic mass is 79.9. The Morgan fingerprint density at radius 2 is 1.91 bits per heavy atom. The number of nitrogens with one attached hydrogen (secondary N) is 1. The van der Waals surface area contributed by atoms with Crippen LogP contribution in [-0.4, -0.2) is 53.3 Å². The van der Waals surface area contributed by atoms with Gasteiger partial charge in [0.2, 0.25) is 11.8 Å². The number of nitrogens with zero attached hydrogens (tertiary/aromatic N) is 6. The van der Waals surface area contributed by atoms with Crippen LogP contribution in [0.25, 0.3) is 22.1 Å². The summed E-state index contributed by atoms with van der Waals surface area (Å²) in [5, 5.41) is 3.45. The standard InChI is InChI=1S/C22H18Br2N8O2/c23-14-2-1-3-16(28-14)30-22(34)13-7-10-6-12(10)32(13)17(33)8-31-11-4-5-15(24)29-19(11)18-20(25)26-9-27-21(18)31/h1-5,9-10,12-13H,6-8H2,(H2,25,26,27)(H,28,30,34)/t10?,12-,13+/m1/s1. The van der Waals surface area contributed by atoms with Gasteiger partial charge in [0.25, 0.3) is 0 Å². The van der Waals surface area contributed by atoms with Gasteiger partial charge in [0.05, 0.1) is 10.9 Å². The molecule has 0 radical (unpaired) electrons. The van der Waals surface area contributed by atoms with E-state index in [4.69, 9.17) is 5.73 Å². The number of hydrogen-bond donors (Lipinski definition) is 2. The predicted octanol–water partition coefficient (Wildman–Crippen LogP) is 3.11. The van der Waals surface area contributed by atoms with Crippen LogP contribution in [-0.2, 0) is 16.1 Å². The highest BCUT2D eigenvalue weighted by Crippen LogP contribution is 2.48. The average Bonchev–Trinajstić information content (AvgIpc) is 3.35. The van der Waals surface area contributed by atoms with Crippen LogP contribution in [0, 0.1) is 5.92 Å². The minimum absolute atomic E-state index is 0.0158. The molecule has 2 amide bonds. The fourth-order valence-corrected chi connectivity index (χ4v) is 5.53. The van der Waals surface area contributed by atoms with Gasteiger partial charge in [-0.15, -0.1) is 0 Å². The second kappa shape index (κ2) is 7.98. The predicted molar refractivity (Wildman–Crippen MR) is 133 cm³/mol. The largest absolute Gasteiger partial charge is 0.383 e. The van der Waals surface area contributed by atoms with Gasteiger partial charge in [-0.3, -0.25) is 9.59 Å². The summed E-state index contributed by atoms with van der Waals surface area (Å²) in [5.41, 5.74) is 8.02. The number of fused-ring (bicyclic) bond motifs is 4. The number of carbonyl (C=O) groups is 2. The van der Waals surface area contributed by atoms with Gasteiger partial charge in [0.1, 0.15) is 50.9 Å². The molecule has 5 heterocycles. The molecule has 2 fully saturated rings. The molecule has 3 N–H and O–H groups in total. The SMILES string of the molecule is Nc1ncnc2c1c1nc(Br)ccc1n2CC(=O)N1[C@@H]2CC2C[C@H]1C(=O)Nc1cccc(Br)n1. The third kappa shape index (κ3) is 3.52. The first-order chi connectivity index (χ1) is 16.4. The molecule has 1 aliphatic carbocycles. The van der Waals surface area contributed by atoms with Gasteiger partial charge in [-0.1, -0.05) is 6.07 Å². The quantitative estimate of drug-likeness (QED) is 0.352. The van der Waals surface area contributed by atoms with E-state index in [1.165, 1.54) is 6.33 Å². The molecule has 0 aromatic carbocycles. The maximum absolute atomic E-state index is 13.6. The second-order valence-corrected chi connectivity index (χ2v) is 10.1. The van der Waals surface area contributed by atoms with Gasteiger partial charge >= 0.3 is 0 Å². The molecule has 12 heteroatoms. The first-order valence-electron chi connectivity index (χ1n) is 10.7. The maximum atomic E-state index is 13.6. The fourth-order valence-electron chi connectivity index (χ4n) is 4.88. The Hall–Kier alpha value is -3.12. The molecule has 3 atom stereocenters. The Kier molecular flexibility index (Phi) is 5.03. The van der Waals surface area contributed by atoms with E-state index in [9.17, 15) is 9.59 Å². The lowest BCUT2D eigenvalue weighted by Gasteiger charge is -2.27. The van der Waals surface area contributed by atoms with E-state index >= 15 is 0 Å². The van der Waals surface area contributed by atoms with Crippen molar-refractivity contribution in [2.45, 2.75) is 31.5 Å². The first-order valence-corrected chi connectivity index (χ1v) is 12.3. The van der Waals surface area contributed by atoms with Gasteiger partial charge in [0.15, 0.2) is 0 Å². The normalized spacial score (nSPS) is 21.1. The number of halogens is 2. The summed E-state index contributed by atoms with van der Waals surface area (Å²) in [4.78, 5) is 45.7. The first kappa shape index (κ1) is 21.4. The highest BCUT2D eigenvalue weighted by molar-refractivity contribution is 9.10. The molecule has 6 rings (SSSR count). The van der Waals surface area contributed by atoms with E-state index in [0.29, 0.717) is 49.7 Å². The van der Waals surface area contributed by atoms with Crippen molar-refractivity contribution in [3.8, 4) is 0 Å². The van der Waals surface area contributed by atoms with E-state index in [0.717, 1.165) is 11.9 Å². The number of likely N-dealkylation sites (tertiary alicyclic amines) is 1. The van der Waals surface area contributed by atoms with E-state index < -0.39 is 6.04 Å². The average molecular weight is 586 g/mol. The number of nitrogen functional groups attached to an aromatic ring is 1. The summed E-state index contributed by atoms with van der Waals surface area (Å²) in [5.74, 6) is 0.716. The van der Waals surface area contributed by atoms with Crippen molar-refractivity contribution in [2.24, 2.45) is 5.92 Å². The lowest BCUT2D eigenvalue weighted by Crippen LogP contribution is -2.46. The molecule has 10 nitrogen and oxygen atoms in total. The highest BCUT2D eigenvalue weighted by Gasteiger charge is 2.56. The van der Waals surface area contributed by atoms with Crippen molar-refractivity contribution in [1.29, 1.82) is 0 Å². The fraction of sp³-hybridized carbons (Fsp3) is 0.273. The van der Waals surface area contributed by atoms with Gasteiger partial charge in [0, 0.05) is 6.04 Å². The van der Waals surface area contributed by atoms with Crippen molar-refractivity contribution >= 4 is 77.4 Å². The van der Waals surface area contributed by atoms with Gasteiger partial charge < -0.3 is 20.5 Å². The van der Waals surface area contributed by atoms with Crippen LogP contribution < -0.4 is 11.1 Å². The van der Waals surface area contributed by atoms with Crippen LogP contribution in [0.15, 0.2) is 45.9 Å². The van der Waals surface area contributed by atoms with E-state index in [1.807, 2.05) is 6.07 Å². The second-order valence-electron chi connectivity index (χ2n) is 8.50. The number of aromatic nitrogens is 5.